The van der Waals surface area contributed by atoms with Gasteiger partial charge in [0.2, 0.25) is 5.91 Å². The number of aliphatic hydroxyl groups excluding tert-OH is 1. The molecule has 0 spiro atoms. The first kappa shape index (κ1) is 27.6. The van der Waals surface area contributed by atoms with E-state index >= 15 is 0 Å². The Hall–Kier alpha value is -2.99. The van der Waals surface area contributed by atoms with Crippen LogP contribution in [-0.4, -0.2) is 47.2 Å². The van der Waals surface area contributed by atoms with Crippen molar-refractivity contribution in [3.05, 3.63) is 108 Å². The van der Waals surface area contributed by atoms with Crippen LogP contribution in [0.25, 0.3) is 0 Å². The molecule has 0 saturated carbocycles. The van der Waals surface area contributed by atoms with Crippen molar-refractivity contribution in [3.63, 3.8) is 0 Å². The largest absolute Gasteiger partial charge is 0.391 e. The van der Waals surface area contributed by atoms with E-state index in [1.807, 2.05) is 68.4 Å². The molecule has 5 nitrogen and oxygen atoms in total. The molecule has 0 aliphatic heterocycles. The predicted octanol–water partition coefficient (Wildman–Crippen LogP) is 4.19. The van der Waals surface area contributed by atoms with Crippen molar-refractivity contribution in [3.8, 4) is 0 Å². The highest BCUT2D eigenvalue weighted by molar-refractivity contribution is 5.82. The van der Waals surface area contributed by atoms with Gasteiger partial charge in [0.25, 0.3) is 0 Å². The summed E-state index contributed by atoms with van der Waals surface area (Å²) in [7, 11) is 2.06. The van der Waals surface area contributed by atoms with Crippen LogP contribution in [0.2, 0.25) is 0 Å². The van der Waals surface area contributed by atoms with E-state index in [-0.39, 0.29) is 23.9 Å². The number of benzene rings is 3. The number of nitrogens with one attached hydrogen (secondary N) is 1. The Morgan fingerprint density at radius 3 is 1.81 bits per heavy atom. The van der Waals surface area contributed by atoms with Crippen LogP contribution in [0, 0.1) is 5.92 Å². The first-order valence-corrected chi connectivity index (χ1v) is 12.9. The van der Waals surface area contributed by atoms with E-state index in [0.717, 1.165) is 12.1 Å². The highest BCUT2D eigenvalue weighted by atomic mass is 16.3. The number of hydrogen-bond donors (Lipinski definition) is 3. The van der Waals surface area contributed by atoms with Crippen LogP contribution in [-0.2, 0) is 24.2 Å². The van der Waals surface area contributed by atoms with Gasteiger partial charge in [-0.2, -0.15) is 0 Å². The number of nitrogens with zero attached hydrogens (tertiary/aromatic N) is 1. The van der Waals surface area contributed by atoms with Crippen molar-refractivity contribution >= 4 is 5.91 Å². The van der Waals surface area contributed by atoms with E-state index in [4.69, 9.17) is 5.73 Å². The van der Waals surface area contributed by atoms with Gasteiger partial charge in [0.1, 0.15) is 0 Å². The Labute approximate surface area is 216 Å². The molecule has 4 N–H and O–H groups in total. The van der Waals surface area contributed by atoms with Crippen molar-refractivity contribution in [2.75, 3.05) is 7.05 Å². The highest BCUT2D eigenvalue weighted by Crippen LogP contribution is 2.19. The zero-order valence-electron chi connectivity index (χ0n) is 21.8. The van der Waals surface area contributed by atoms with Crippen molar-refractivity contribution in [1.29, 1.82) is 0 Å². The Morgan fingerprint density at radius 1 is 0.833 bits per heavy atom. The average Bonchev–Trinajstić information content (AvgIpc) is 2.88. The van der Waals surface area contributed by atoms with Crippen LogP contribution < -0.4 is 11.1 Å². The van der Waals surface area contributed by atoms with Crippen molar-refractivity contribution < 1.29 is 9.90 Å². The summed E-state index contributed by atoms with van der Waals surface area (Å²) in [5.74, 6) is -0.134. The molecular weight excluding hydrogens is 446 g/mol. The second-order valence-corrected chi connectivity index (χ2v) is 10.1. The van der Waals surface area contributed by atoms with Gasteiger partial charge in [-0.25, -0.2) is 0 Å². The molecule has 0 saturated heterocycles. The Kier molecular flexibility index (Phi) is 10.7. The molecule has 0 fully saturated rings. The van der Waals surface area contributed by atoms with Gasteiger partial charge in [-0.05, 0) is 48.9 Å². The average molecular weight is 488 g/mol. The van der Waals surface area contributed by atoms with Crippen LogP contribution in [0.5, 0.6) is 0 Å². The molecule has 0 radical (unpaired) electrons. The van der Waals surface area contributed by atoms with Gasteiger partial charge < -0.3 is 16.2 Å². The Morgan fingerprint density at radius 2 is 1.31 bits per heavy atom. The van der Waals surface area contributed by atoms with Crippen molar-refractivity contribution in [1.82, 2.24) is 10.2 Å². The van der Waals surface area contributed by atoms with E-state index in [2.05, 4.69) is 53.7 Å². The summed E-state index contributed by atoms with van der Waals surface area (Å²) in [6, 6.07) is 29.7. The van der Waals surface area contributed by atoms with Gasteiger partial charge in [0, 0.05) is 18.6 Å². The van der Waals surface area contributed by atoms with Crippen LogP contribution in [0.1, 0.15) is 37.0 Å². The SMILES string of the molecule is CC(C)C(N)C(=O)NC(Cc1ccccc1)CC(O)C(Cc1ccccc1)N(C)Cc1ccccc1. The number of amides is 1. The van der Waals surface area contributed by atoms with E-state index in [0.29, 0.717) is 19.3 Å². The summed E-state index contributed by atoms with van der Waals surface area (Å²) in [4.78, 5) is 15.1. The third-order valence-electron chi connectivity index (χ3n) is 6.79. The maximum atomic E-state index is 12.9. The minimum absolute atomic E-state index is 0.0372. The molecule has 4 atom stereocenters. The zero-order valence-corrected chi connectivity index (χ0v) is 21.8. The summed E-state index contributed by atoms with van der Waals surface area (Å²) < 4.78 is 0. The molecule has 4 unspecified atom stereocenters. The van der Waals surface area contributed by atoms with Gasteiger partial charge in [0.05, 0.1) is 12.1 Å². The molecule has 0 aromatic heterocycles. The molecule has 0 bridgehead atoms. The summed E-state index contributed by atoms with van der Waals surface area (Å²) in [6.45, 7) is 4.61. The summed E-state index contributed by atoms with van der Waals surface area (Å²) in [5.41, 5.74) is 9.63. The molecule has 0 aliphatic rings. The third kappa shape index (κ3) is 8.59. The number of hydrogen-bond acceptors (Lipinski definition) is 4. The number of nitrogens with two attached hydrogens (primary N) is 1. The molecule has 5 heteroatoms. The second-order valence-electron chi connectivity index (χ2n) is 10.1. The normalized spacial score (nSPS) is 14.9. The lowest BCUT2D eigenvalue weighted by Gasteiger charge is -2.34. The monoisotopic (exact) mass is 487 g/mol. The molecular formula is C31H41N3O2. The topological polar surface area (TPSA) is 78.6 Å². The molecule has 0 aliphatic carbocycles. The van der Waals surface area contributed by atoms with E-state index in [9.17, 15) is 9.90 Å². The van der Waals surface area contributed by atoms with Crippen LogP contribution >= 0.6 is 0 Å². The van der Waals surface area contributed by atoms with Crippen molar-refractivity contribution in [2.24, 2.45) is 11.7 Å². The number of carbonyl (C=O) groups is 1. The Bertz CT molecular complexity index is 1030. The molecule has 3 rings (SSSR count). The zero-order chi connectivity index (χ0) is 25.9. The predicted molar refractivity (Wildman–Crippen MR) is 147 cm³/mol. The van der Waals surface area contributed by atoms with Crippen LogP contribution in [0.3, 0.4) is 0 Å². The fourth-order valence-corrected chi connectivity index (χ4v) is 4.57. The van der Waals surface area contributed by atoms with E-state index < -0.39 is 12.1 Å². The lowest BCUT2D eigenvalue weighted by Crippen LogP contribution is -2.51. The first-order valence-electron chi connectivity index (χ1n) is 12.9. The number of rotatable bonds is 13. The van der Waals surface area contributed by atoms with Crippen LogP contribution in [0.4, 0.5) is 0 Å². The Balaban J connectivity index is 1.80. The lowest BCUT2D eigenvalue weighted by atomic mass is 9.92. The molecule has 3 aromatic rings. The highest BCUT2D eigenvalue weighted by Gasteiger charge is 2.29. The lowest BCUT2D eigenvalue weighted by molar-refractivity contribution is -0.124. The van der Waals surface area contributed by atoms with Crippen LogP contribution in [0.15, 0.2) is 91.0 Å². The fraction of sp³-hybridized carbons (Fsp3) is 0.387. The molecule has 192 valence electrons. The van der Waals surface area contributed by atoms with Gasteiger partial charge >= 0.3 is 0 Å². The molecule has 0 heterocycles. The standard InChI is InChI=1S/C31H41N3O2/c1-23(2)30(32)31(36)33-27(19-24-13-7-4-8-14-24)21-29(35)28(20-25-15-9-5-10-16-25)34(3)22-26-17-11-6-12-18-26/h4-18,23,27-30,35H,19-22,32H2,1-3H3,(H,33,36). The second kappa shape index (κ2) is 13.9. The number of aliphatic hydroxyl groups is 1. The smallest absolute Gasteiger partial charge is 0.237 e. The van der Waals surface area contributed by atoms with Gasteiger partial charge in [-0.1, -0.05) is 105 Å². The molecule has 1 amide bonds. The number of likely N-dealkylation sites (N-methyl/N-ethyl adjacent to an activating group) is 1. The quantitative estimate of drug-likeness (QED) is 0.338. The van der Waals surface area contributed by atoms with Gasteiger partial charge in [0.15, 0.2) is 0 Å². The molecule has 36 heavy (non-hydrogen) atoms. The summed E-state index contributed by atoms with van der Waals surface area (Å²) >= 11 is 0. The van der Waals surface area contributed by atoms with E-state index in [1.165, 1.54) is 11.1 Å². The maximum absolute atomic E-state index is 12.9. The minimum atomic E-state index is -0.650. The van der Waals surface area contributed by atoms with Crippen molar-refractivity contribution in [2.45, 2.75) is 63.9 Å². The minimum Gasteiger partial charge on any atom is -0.391 e. The maximum Gasteiger partial charge on any atom is 0.237 e. The van der Waals surface area contributed by atoms with Gasteiger partial charge in [-0.3, -0.25) is 9.69 Å². The third-order valence-corrected chi connectivity index (χ3v) is 6.79. The molecule has 3 aromatic carbocycles. The number of carbonyl (C=O) groups excluding carboxylic acids is 1. The first-order chi connectivity index (χ1) is 17.3. The fourth-order valence-electron chi connectivity index (χ4n) is 4.57. The summed E-state index contributed by atoms with van der Waals surface area (Å²) in [5, 5.41) is 14.7. The van der Waals surface area contributed by atoms with E-state index in [1.54, 1.807) is 0 Å². The van der Waals surface area contributed by atoms with Gasteiger partial charge in [-0.15, -0.1) is 0 Å². The summed E-state index contributed by atoms with van der Waals surface area (Å²) in [6.07, 6.45) is 1.13.